The summed E-state index contributed by atoms with van der Waals surface area (Å²) < 4.78 is 38.3. The van der Waals surface area contributed by atoms with Crippen LogP contribution in [-0.2, 0) is 17.5 Å². The highest BCUT2D eigenvalue weighted by Crippen LogP contribution is 2.29. The van der Waals surface area contributed by atoms with Gasteiger partial charge < -0.3 is 10.6 Å². The van der Waals surface area contributed by atoms with Crippen LogP contribution in [0.3, 0.4) is 0 Å². The average molecular weight is 430 g/mol. The molecule has 0 aliphatic carbocycles. The van der Waals surface area contributed by atoms with Crippen LogP contribution in [0, 0.1) is 11.3 Å². The Balaban J connectivity index is 1.44. The summed E-state index contributed by atoms with van der Waals surface area (Å²) in [6.45, 7) is 1.82. The molecule has 1 fully saturated rings. The van der Waals surface area contributed by atoms with E-state index in [0.717, 1.165) is 36.7 Å². The van der Waals surface area contributed by atoms with Gasteiger partial charge in [-0.25, -0.2) is 0 Å². The number of likely N-dealkylation sites (tertiary alicyclic amines) is 1. The smallest absolute Gasteiger partial charge is 0.350 e. The number of nitrogens with one attached hydrogen (secondary N) is 2. The molecular formula is C22H21F3N4O2. The van der Waals surface area contributed by atoms with E-state index in [1.54, 1.807) is 12.1 Å². The summed E-state index contributed by atoms with van der Waals surface area (Å²) in [7, 11) is 0. The summed E-state index contributed by atoms with van der Waals surface area (Å²) in [5.41, 5.74) is 0.594. The zero-order valence-corrected chi connectivity index (χ0v) is 16.6. The second-order valence-electron chi connectivity index (χ2n) is 7.36. The standard InChI is InChI=1S/C22H21F3N4O2/c23-22(24,25)18-3-1-2-17(10-18)21(31)27-12-20(30)28-19-8-9-29(14-19)13-16-6-4-15(11-26)5-7-16/h1-7,10,19H,8-9,12-14H2,(H,27,31)(H,28,30)/t19-/m1/s1. The van der Waals surface area contributed by atoms with Crippen LogP contribution in [-0.4, -0.2) is 42.4 Å². The van der Waals surface area contributed by atoms with Crippen LogP contribution < -0.4 is 10.6 Å². The van der Waals surface area contributed by atoms with Crippen molar-refractivity contribution in [1.82, 2.24) is 15.5 Å². The topological polar surface area (TPSA) is 85.2 Å². The minimum absolute atomic E-state index is 0.0728. The Hall–Kier alpha value is -3.38. The van der Waals surface area contributed by atoms with E-state index in [9.17, 15) is 22.8 Å². The first kappa shape index (κ1) is 22.3. The SMILES string of the molecule is N#Cc1ccc(CN2CC[C@@H](NC(=O)CNC(=O)c3cccc(C(F)(F)F)c3)C2)cc1. The minimum Gasteiger partial charge on any atom is -0.350 e. The minimum atomic E-state index is -4.54. The molecule has 1 atom stereocenters. The number of benzene rings is 2. The lowest BCUT2D eigenvalue weighted by atomic mass is 10.1. The lowest BCUT2D eigenvalue weighted by Crippen LogP contribution is -2.43. The highest BCUT2D eigenvalue weighted by Gasteiger charge is 2.31. The average Bonchev–Trinajstić information content (AvgIpc) is 3.18. The molecule has 0 unspecified atom stereocenters. The third-order valence-corrected chi connectivity index (χ3v) is 4.99. The molecule has 31 heavy (non-hydrogen) atoms. The van der Waals surface area contributed by atoms with Crippen molar-refractivity contribution in [2.24, 2.45) is 0 Å². The molecule has 2 aromatic rings. The van der Waals surface area contributed by atoms with E-state index in [-0.39, 0.29) is 18.2 Å². The molecule has 2 aromatic carbocycles. The Labute approximate surface area is 177 Å². The van der Waals surface area contributed by atoms with Gasteiger partial charge in [-0.3, -0.25) is 14.5 Å². The summed E-state index contributed by atoms with van der Waals surface area (Å²) >= 11 is 0. The van der Waals surface area contributed by atoms with Crippen LogP contribution in [0.15, 0.2) is 48.5 Å². The fraction of sp³-hybridized carbons (Fsp3) is 0.318. The molecule has 0 saturated carbocycles. The molecule has 1 heterocycles. The lowest BCUT2D eigenvalue weighted by Gasteiger charge is -2.17. The summed E-state index contributed by atoms with van der Waals surface area (Å²) in [6, 6.07) is 13.4. The number of halogens is 3. The van der Waals surface area contributed by atoms with Crippen LogP contribution in [0.1, 0.15) is 33.5 Å². The number of amides is 2. The first-order chi connectivity index (χ1) is 14.7. The molecular weight excluding hydrogens is 409 g/mol. The quantitative estimate of drug-likeness (QED) is 0.738. The van der Waals surface area contributed by atoms with Gasteiger partial charge in [0.05, 0.1) is 23.7 Å². The van der Waals surface area contributed by atoms with Gasteiger partial charge in [-0.15, -0.1) is 0 Å². The summed E-state index contributed by atoms with van der Waals surface area (Å²) in [5.74, 6) is -1.14. The first-order valence-electron chi connectivity index (χ1n) is 9.71. The van der Waals surface area contributed by atoms with Gasteiger partial charge in [0.15, 0.2) is 0 Å². The maximum absolute atomic E-state index is 12.8. The molecule has 1 saturated heterocycles. The van der Waals surface area contributed by atoms with Crippen molar-refractivity contribution in [3.05, 3.63) is 70.8 Å². The molecule has 2 N–H and O–H groups in total. The van der Waals surface area contributed by atoms with Crippen LogP contribution in [0.5, 0.6) is 0 Å². The molecule has 0 aromatic heterocycles. The van der Waals surface area contributed by atoms with Gasteiger partial charge in [-0.2, -0.15) is 18.4 Å². The Kier molecular flexibility index (Phi) is 6.92. The van der Waals surface area contributed by atoms with Crippen molar-refractivity contribution >= 4 is 11.8 Å². The van der Waals surface area contributed by atoms with Crippen LogP contribution >= 0.6 is 0 Å². The van der Waals surface area contributed by atoms with Crippen LogP contribution in [0.2, 0.25) is 0 Å². The lowest BCUT2D eigenvalue weighted by molar-refractivity contribution is -0.137. The Morgan fingerprint density at radius 2 is 1.90 bits per heavy atom. The van der Waals surface area contributed by atoms with Crippen molar-refractivity contribution in [2.75, 3.05) is 19.6 Å². The number of hydrogen-bond donors (Lipinski definition) is 2. The molecule has 1 aliphatic rings. The zero-order valence-electron chi connectivity index (χ0n) is 16.6. The monoisotopic (exact) mass is 430 g/mol. The van der Waals surface area contributed by atoms with E-state index >= 15 is 0 Å². The molecule has 3 rings (SSSR count). The third-order valence-electron chi connectivity index (χ3n) is 4.99. The van der Waals surface area contributed by atoms with Gasteiger partial charge >= 0.3 is 6.18 Å². The normalized spacial score (nSPS) is 16.5. The van der Waals surface area contributed by atoms with Gasteiger partial charge in [0.25, 0.3) is 5.91 Å². The molecule has 1 aliphatic heterocycles. The second-order valence-corrected chi connectivity index (χ2v) is 7.36. The predicted molar refractivity (Wildman–Crippen MR) is 107 cm³/mol. The van der Waals surface area contributed by atoms with Crippen LogP contribution in [0.4, 0.5) is 13.2 Å². The Bertz CT molecular complexity index is 983. The predicted octanol–water partition coefficient (Wildman–Crippen LogP) is 2.70. The molecule has 0 spiro atoms. The molecule has 0 radical (unpaired) electrons. The summed E-state index contributed by atoms with van der Waals surface area (Å²) in [4.78, 5) is 26.4. The van der Waals surface area contributed by atoms with Gasteiger partial charge in [0.1, 0.15) is 0 Å². The van der Waals surface area contributed by atoms with E-state index in [0.29, 0.717) is 18.7 Å². The Morgan fingerprint density at radius 1 is 1.16 bits per heavy atom. The first-order valence-corrected chi connectivity index (χ1v) is 9.71. The van der Waals surface area contributed by atoms with Crippen molar-refractivity contribution in [2.45, 2.75) is 25.2 Å². The van der Waals surface area contributed by atoms with Crippen molar-refractivity contribution in [3.8, 4) is 6.07 Å². The van der Waals surface area contributed by atoms with Gasteiger partial charge in [0, 0.05) is 31.2 Å². The van der Waals surface area contributed by atoms with E-state index in [1.165, 1.54) is 6.07 Å². The molecule has 6 nitrogen and oxygen atoms in total. The second kappa shape index (κ2) is 9.62. The van der Waals surface area contributed by atoms with E-state index in [4.69, 9.17) is 5.26 Å². The highest BCUT2D eigenvalue weighted by atomic mass is 19.4. The summed E-state index contributed by atoms with van der Waals surface area (Å²) in [5, 5.41) is 14.0. The molecule has 162 valence electrons. The van der Waals surface area contributed by atoms with Gasteiger partial charge in [-0.1, -0.05) is 18.2 Å². The third kappa shape index (κ3) is 6.30. The van der Waals surface area contributed by atoms with Gasteiger partial charge in [0.2, 0.25) is 5.91 Å². The number of hydrogen-bond acceptors (Lipinski definition) is 4. The number of nitriles is 1. The summed E-state index contributed by atoms with van der Waals surface area (Å²) in [6.07, 6.45) is -3.79. The van der Waals surface area contributed by atoms with E-state index in [2.05, 4.69) is 21.6 Å². The van der Waals surface area contributed by atoms with Gasteiger partial charge in [-0.05, 0) is 42.3 Å². The van der Waals surface area contributed by atoms with E-state index in [1.807, 2.05) is 12.1 Å². The maximum Gasteiger partial charge on any atom is 0.416 e. The molecule has 0 bridgehead atoms. The number of carbonyl (C=O) groups excluding carboxylic acids is 2. The van der Waals surface area contributed by atoms with Crippen molar-refractivity contribution < 1.29 is 22.8 Å². The van der Waals surface area contributed by atoms with Crippen molar-refractivity contribution in [3.63, 3.8) is 0 Å². The fourth-order valence-corrected chi connectivity index (χ4v) is 3.42. The van der Waals surface area contributed by atoms with Crippen molar-refractivity contribution in [1.29, 1.82) is 5.26 Å². The largest absolute Gasteiger partial charge is 0.416 e. The zero-order chi connectivity index (χ0) is 22.4. The number of nitrogens with zero attached hydrogens (tertiary/aromatic N) is 2. The van der Waals surface area contributed by atoms with E-state index < -0.39 is 23.6 Å². The highest BCUT2D eigenvalue weighted by molar-refractivity contribution is 5.96. The number of alkyl halides is 3. The maximum atomic E-state index is 12.8. The number of carbonyl (C=O) groups is 2. The Morgan fingerprint density at radius 3 is 2.58 bits per heavy atom. The molecule has 2 amide bonds. The molecule has 9 heteroatoms. The van der Waals surface area contributed by atoms with Crippen LogP contribution in [0.25, 0.3) is 0 Å². The number of rotatable bonds is 6. The fourth-order valence-electron chi connectivity index (χ4n) is 3.42.